The van der Waals surface area contributed by atoms with Gasteiger partial charge in [0.05, 0.1) is 19.9 Å². The lowest BCUT2D eigenvalue weighted by atomic mass is 10.0. The van der Waals surface area contributed by atoms with Crippen LogP contribution in [0.4, 0.5) is 0 Å². The van der Waals surface area contributed by atoms with Gasteiger partial charge in [-0.05, 0) is 24.5 Å². The summed E-state index contributed by atoms with van der Waals surface area (Å²) in [6.07, 6.45) is 2.37. The van der Waals surface area contributed by atoms with Crippen LogP contribution < -0.4 is 5.32 Å². The van der Waals surface area contributed by atoms with Crippen LogP contribution in [0.25, 0.3) is 0 Å². The van der Waals surface area contributed by atoms with Gasteiger partial charge in [0, 0.05) is 0 Å². The summed E-state index contributed by atoms with van der Waals surface area (Å²) in [6.45, 7) is 4.69. The molecule has 0 bridgehead atoms. The molecule has 4 nitrogen and oxygen atoms in total. The van der Waals surface area contributed by atoms with Crippen LogP contribution in [-0.2, 0) is 16.1 Å². The van der Waals surface area contributed by atoms with E-state index in [0.717, 1.165) is 12.2 Å². The van der Waals surface area contributed by atoms with E-state index in [0.29, 0.717) is 12.5 Å². The van der Waals surface area contributed by atoms with E-state index >= 15 is 0 Å². The Labute approximate surface area is 96.0 Å². The number of esters is 1. The Kier molecular flexibility index (Phi) is 5.05. The minimum Gasteiger partial charge on any atom is -0.468 e. The van der Waals surface area contributed by atoms with Crippen molar-refractivity contribution >= 4 is 5.97 Å². The van der Waals surface area contributed by atoms with Crippen LogP contribution in [-0.4, -0.2) is 19.1 Å². The van der Waals surface area contributed by atoms with E-state index in [2.05, 4.69) is 19.2 Å². The molecule has 1 heterocycles. The molecule has 0 fully saturated rings. The SMILES string of the molecule is COC(=O)C(CC(C)C)NCc1ccco1. The molecule has 0 radical (unpaired) electrons. The topological polar surface area (TPSA) is 51.5 Å². The van der Waals surface area contributed by atoms with Crippen molar-refractivity contribution < 1.29 is 13.9 Å². The molecule has 4 heteroatoms. The first-order valence-electron chi connectivity index (χ1n) is 5.47. The molecular formula is C12H19NO3. The minimum absolute atomic E-state index is 0.222. The molecule has 0 saturated heterocycles. The number of methoxy groups -OCH3 is 1. The predicted octanol–water partition coefficient (Wildman–Crippen LogP) is 1.96. The normalized spacial score (nSPS) is 12.8. The number of hydrogen-bond acceptors (Lipinski definition) is 4. The third-order valence-electron chi connectivity index (χ3n) is 2.30. The van der Waals surface area contributed by atoms with Crippen molar-refractivity contribution in [1.29, 1.82) is 0 Å². The first kappa shape index (κ1) is 12.8. The maximum Gasteiger partial charge on any atom is 0.322 e. The second kappa shape index (κ2) is 6.33. The fourth-order valence-electron chi connectivity index (χ4n) is 1.51. The molecule has 1 atom stereocenters. The van der Waals surface area contributed by atoms with Gasteiger partial charge in [0.25, 0.3) is 0 Å². The summed E-state index contributed by atoms with van der Waals surface area (Å²) in [6, 6.07) is 3.43. The zero-order chi connectivity index (χ0) is 12.0. The molecule has 1 unspecified atom stereocenters. The monoisotopic (exact) mass is 225 g/mol. The highest BCUT2D eigenvalue weighted by molar-refractivity contribution is 5.75. The second-order valence-electron chi connectivity index (χ2n) is 4.17. The van der Waals surface area contributed by atoms with Crippen LogP contribution in [0.1, 0.15) is 26.0 Å². The van der Waals surface area contributed by atoms with Crippen molar-refractivity contribution in [2.24, 2.45) is 5.92 Å². The number of furan rings is 1. The molecule has 0 aliphatic heterocycles. The third-order valence-corrected chi connectivity index (χ3v) is 2.30. The first-order chi connectivity index (χ1) is 7.63. The number of nitrogens with one attached hydrogen (secondary N) is 1. The summed E-state index contributed by atoms with van der Waals surface area (Å²) in [5.74, 6) is 1.03. The Balaban J connectivity index is 2.46. The van der Waals surface area contributed by atoms with E-state index in [1.165, 1.54) is 7.11 Å². The zero-order valence-electron chi connectivity index (χ0n) is 10.0. The van der Waals surface area contributed by atoms with E-state index in [4.69, 9.17) is 9.15 Å². The number of ether oxygens (including phenoxy) is 1. The van der Waals surface area contributed by atoms with Crippen LogP contribution in [0.15, 0.2) is 22.8 Å². The van der Waals surface area contributed by atoms with Gasteiger partial charge in [0.2, 0.25) is 0 Å². The molecule has 1 rings (SSSR count). The predicted molar refractivity (Wildman–Crippen MR) is 60.8 cm³/mol. The Morgan fingerprint density at radius 1 is 1.56 bits per heavy atom. The number of hydrogen-bond donors (Lipinski definition) is 1. The van der Waals surface area contributed by atoms with Gasteiger partial charge >= 0.3 is 5.97 Å². The Morgan fingerprint density at radius 3 is 2.81 bits per heavy atom. The smallest absolute Gasteiger partial charge is 0.322 e. The molecule has 1 N–H and O–H groups in total. The summed E-state index contributed by atoms with van der Waals surface area (Å²) >= 11 is 0. The maximum atomic E-state index is 11.5. The van der Waals surface area contributed by atoms with Crippen molar-refractivity contribution in [3.05, 3.63) is 24.2 Å². The van der Waals surface area contributed by atoms with Crippen LogP contribution in [0.2, 0.25) is 0 Å². The van der Waals surface area contributed by atoms with Crippen LogP contribution in [0.5, 0.6) is 0 Å². The van der Waals surface area contributed by atoms with E-state index in [1.807, 2.05) is 12.1 Å². The molecule has 0 saturated carbocycles. The highest BCUT2D eigenvalue weighted by Crippen LogP contribution is 2.08. The first-order valence-corrected chi connectivity index (χ1v) is 5.47. The van der Waals surface area contributed by atoms with Gasteiger partial charge in [-0.25, -0.2) is 0 Å². The van der Waals surface area contributed by atoms with Crippen molar-refractivity contribution in [1.82, 2.24) is 5.32 Å². The standard InChI is InChI=1S/C12H19NO3/c1-9(2)7-11(12(14)15-3)13-8-10-5-4-6-16-10/h4-6,9,11,13H,7-8H2,1-3H3. The lowest BCUT2D eigenvalue weighted by Gasteiger charge is -2.17. The third kappa shape index (κ3) is 4.06. The summed E-state index contributed by atoms with van der Waals surface area (Å²) in [5.41, 5.74) is 0. The zero-order valence-corrected chi connectivity index (χ0v) is 10.0. The molecule has 1 aromatic rings. The summed E-state index contributed by atoms with van der Waals surface area (Å²) in [4.78, 5) is 11.5. The molecule has 1 aromatic heterocycles. The van der Waals surface area contributed by atoms with Crippen molar-refractivity contribution in [3.8, 4) is 0 Å². The number of carbonyl (C=O) groups is 1. The molecule has 0 aromatic carbocycles. The van der Waals surface area contributed by atoms with Gasteiger partial charge in [-0.3, -0.25) is 10.1 Å². The Bertz CT molecular complexity index is 306. The quantitative estimate of drug-likeness (QED) is 0.752. The van der Waals surface area contributed by atoms with Crippen molar-refractivity contribution in [2.75, 3.05) is 7.11 Å². The Morgan fingerprint density at radius 2 is 2.31 bits per heavy atom. The van der Waals surface area contributed by atoms with Crippen molar-refractivity contribution in [3.63, 3.8) is 0 Å². The fourth-order valence-corrected chi connectivity index (χ4v) is 1.51. The number of rotatable bonds is 6. The van der Waals surface area contributed by atoms with E-state index in [9.17, 15) is 4.79 Å². The van der Waals surface area contributed by atoms with Gasteiger partial charge in [0.15, 0.2) is 0 Å². The molecule has 0 aliphatic carbocycles. The summed E-state index contributed by atoms with van der Waals surface area (Å²) in [5, 5.41) is 3.14. The van der Waals surface area contributed by atoms with Gasteiger partial charge in [-0.2, -0.15) is 0 Å². The van der Waals surface area contributed by atoms with Crippen LogP contribution in [0, 0.1) is 5.92 Å². The average molecular weight is 225 g/mol. The fraction of sp³-hybridized carbons (Fsp3) is 0.583. The lowest BCUT2D eigenvalue weighted by Crippen LogP contribution is -2.38. The van der Waals surface area contributed by atoms with Crippen molar-refractivity contribution in [2.45, 2.75) is 32.9 Å². The summed E-state index contributed by atoms with van der Waals surface area (Å²) in [7, 11) is 1.41. The van der Waals surface area contributed by atoms with E-state index < -0.39 is 0 Å². The van der Waals surface area contributed by atoms with Crippen LogP contribution >= 0.6 is 0 Å². The van der Waals surface area contributed by atoms with Gasteiger partial charge < -0.3 is 9.15 Å². The highest BCUT2D eigenvalue weighted by atomic mass is 16.5. The molecule has 0 spiro atoms. The van der Waals surface area contributed by atoms with Gasteiger partial charge in [-0.1, -0.05) is 13.8 Å². The van der Waals surface area contributed by atoms with Crippen LogP contribution in [0.3, 0.4) is 0 Å². The van der Waals surface area contributed by atoms with Gasteiger partial charge in [-0.15, -0.1) is 0 Å². The van der Waals surface area contributed by atoms with E-state index in [-0.39, 0.29) is 12.0 Å². The van der Waals surface area contributed by atoms with Gasteiger partial charge in [0.1, 0.15) is 11.8 Å². The minimum atomic E-state index is -0.268. The Hall–Kier alpha value is -1.29. The lowest BCUT2D eigenvalue weighted by molar-refractivity contribution is -0.143. The molecule has 90 valence electrons. The molecule has 0 aliphatic rings. The summed E-state index contributed by atoms with van der Waals surface area (Å²) < 4.78 is 9.94. The largest absolute Gasteiger partial charge is 0.468 e. The molecule has 16 heavy (non-hydrogen) atoms. The highest BCUT2D eigenvalue weighted by Gasteiger charge is 2.19. The average Bonchev–Trinajstić information content (AvgIpc) is 2.75. The second-order valence-corrected chi connectivity index (χ2v) is 4.17. The molecule has 0 amide bonds. The molecular weight excluding hydrogens is 206 g/mol. The van der Waals surface area contributed by atoms with E-state index in [1.54, 1.807) is 6.26 Å². The maximum absolute atomic E-state index is 11.5. The number of carbonyl (C=O) groups excluding carboxylic acids is 1.